The SMILES string of the molecule is Cc1ccc(C(=O)OC[C@@H]2C[C@@](C)(O)C(O)O2)cc1. The van der Waals surface area contributed by atoms with Gasteiger partial charge in [0.1, 0.15) is 12.2 Å². The van der Waals surface area contributed by atoms with Crippen molar-refractivity contribution in [3.05, 3.63) is 35.4 Å². The van der Waals surface area contributed by atoms with Crippen molar-refractivity contribution in [2.75, 3.05) is 6.61 Å². The van der Waals surface area contributed by atoms with Crippen LogP contribution in [0.25, 0.3) is 0 Å². The Balaban J connectivity index is 1.86. The molecule has 0 saturated carbocycles. The van der Waals surface area contributed by atoms with Crippen molar-refractivity contribution in [2.24, 2.45) is 0 Å². The van der Waals surface area contributed by atoms with Crippen LogP contribution in [0.1, 0.15) is 29.3 Å². The number of rotatable bonds is 3. The van der Waals surface area contributed by atoms with Crippen molar-refractivity contribution in [3.63, 3.8) is 0 Å². The van der Waals surface area contributed by atoms with Crippen molar-refractivity contribution in [3.8, 4) is 0 Å². The van der Waals surface area contributed by atoms with Crippen LogP contribution in [0, 0.1) is 6.92 Å². The van der Waals surface area contributed by atoms with Crippen molar-refractivity contribution in [2.45, 2.75) is 38.3 Å². The number of hydrogen-bond acceptors (Lipinski definition) is 5. The van der Waals surface area contributed by atoms with Gasteiger partial charge in [0.05, 0.1) is 11.7 Å². The molecule has 104 valence electrons. The summed E-state index contributed by atoms with van der Waals surface area (Å²) in [6.07, 6.45) is -1.50. The molecule has 5 nitrogen and oxygen atoms in total. The standard InChI is InChI=1S/C14H18O5/c1-9-3-5-10(6-4-9)12(15)18-8-11-7-14(2,17)13(16)19-11/h3-6,11,13,16-17H,7-8H2,1-2H3/t11-,13?,14+/m0/s1. The molecule has 5 heteroatoms. The van der Waals surface area contributed by atoms with Gasteiger partial charge in [-0.25, -0.2) is 4.79 Å². The number of hydrogen-bond donors (Lipinski definition) is 2. The summed E-state index contributed by atoms with van der Waals surface area (Å²) in [5, 5.41) is 19.2. The second-order valence-electron chi connectivity index (χ2n) is 5.14. The summed E-state index contributed by atoms with van der Waals surface area (Å²) in [6.45, 7) is 3.43. The van der Waals surface area contributed by atoms with E-state index in [1.54, 1.807) is 12.1 Å². The number of aliphatic hydroxyl groups excluding tert-OH is 1. The largest absolute Gasteiger partial charge is 0.459 e. The van der Waals surface area contributed by atoms with Crippen LogP contribution in [0.15, 0.2) is 24.3 Å². The predicted molar refractivity (Wildman–Crippen MR) is 67.6 cm³/mol. The fourth-order valence-electron chi connectivity index (χ4n) is 1.98. The van der Waals surface area contributed by atoms with Gasteiger partial charge in [0.15, 0.2) is 6.29 Å². The molecule has 3 atom stereocenters. The average Bonchev–Trinajstić information content (AvgIpc) is 2.61. The van der Waals surface area contributed by atoms with Crippen LogP contribution in [0.4, 0.5) is 0 Å². The first-order valence-electron chi connectivity index (χ1n) is 6.18. The van der Waals surface area contributed by atoms with Crippen molar-refractivity contribution >= 4 is 5.97 Å². The first-order valence-corrected chi connectivity index (χ1v) is 6.18. The van der Waals surface area contributed by atoms with Crippen LogP contribution >= 0.6 is 0 Å². The van der Waals surface area contributed by atoms with E-state index in [-0.39, 0.29) is 13.0 Å². The Labute approximate surface area is 111 Å². The van der Waals surface area contributed by atoms with Gasteiger partial charge < -0.3 is 19.7 Å². The van der Waals surface area contributed by atoms with Gasteiger partial charge in [-0.1, -0.05) is 17.7 Å². The van der Waals surface area contributed by atoms with Crippen molar-refractivity contribution in [1.82, 2.24) is 0 Å². The second-order valence-corrected chi connectivity index (χ2v) is 5.14. The minimum atomic E-state index is -1.29. The molecule has 0 aliphatic carbocycles. The summed E-state index contributed by atoms with van der Waals surface area (Å²) in [7, 11) is 0. The van der Waals surface area contributed by atoms with Gasteiger partial charge in [-0.15, -0.1) is 0 Å². The van der Waals surface area contributed by atoms with Crippen LogP contribution in [0.3, 0.4) is 0 Å². The van der Waals surface area contributed by atoms with Gasteiger partial charge in [-0.05, 0) is 26.0 Å². The van der Waals surface area contributed by atoms with Gasteiger partial charge in [0.2, 0.25) is 0 Å². The summed E-state index contributed by atoms with van der Waals surface area (Å²) in [5.74, 6) is -0.440. The number of esters is 1. The minimum Gasteiger partial charge on any atom is -0.459 e. The Hall–Kier alpha value is -1.43. The molecular formula is C14H18O5. The number of benzene rings is 1. The molecular weight excluding hydrogens is 248 g/mol. The molecule has 2 N–H and O–H groups in total. The third-order valence-corrected chi connectivity index (χ3v) is 3.18. The molecule has 1 aliphatic rings. The third-order valence-electron chi connectivity index (χ3n) is 3.18. The summed E-state index contributed by atoms with van der Waals surface area (Å²) in [5.41, 5.74) is 0.242. The fraction of sp³-hybridized carbons (Fsp3) is 0.500. The molecule has 1 aromatic rings. The Morgan fingerprint density at radius 2 is 2.11 bits per heavy atom. The average molecular weight is 266 g/mol. The number of aryl methyl sites for hydroxylation is 1. The molecule has 0 bridgehead atoms. The zero-order valence-electron chi connectivity index (χ0n) is 11.0. The third kappa shape index (κ3) is 3.32. The van der Waals surface area contributed by atoms with E-state index in [0.717, 1.165) is 5.56 Å². The monoisotopic (exact) mass is 266 g/mol. The Morgan fingerprint density at radius 1 is 1.47 bits per heavy atom. The molecule has 1 unspecified atom stereocenters. The summed E-state index contributed by atoms with van der Waals surface area (Å²) in [6, 6.07) is 7.05. The van der Waals surface area contributed by atoms with E-state index in [2.05, 4.69) is 0 Å². The number of carbonyl (C=O) groups excluding carboxylic acids is 1. The Bertz CT molecular complexity index is 451. The molecule has 1 aromatic carbocycles. The lowest BCUT2D eigenvalue weighted by atomic mass is 10.0. The number of ether oxygens (including phenoxy) is 2. The maximum atomic E-state index is 11.8. The predicted octanol–water partition coefficient (Wildman–Crippen LogP) is 1.01. The first kappa shape index (κ1) is 14.0. The highest BCUT2D eigenvalue weighted by atomic mass is 16.6. The van der Waals surface area contributed by atoms with Crippen LogP contribution < -0.4 is 0 Å². The van der Waals surface area contributed by atoms with E-state index in [1.807, 2.05) is 19.1 Å². The summed E-state index contributed by atoms with van der Waals surface area (Å²) < 4.78 is 10.2. The van der Waals surface area contributed by atoms with E-state index in [1.165, 1.54) is 6.92 Å². The molecule has 1 heterocycles. The normalized spacial score (nSPS) is 30.3. The van der Waals surface area contributed by atoms with E-state index >= 15 is 0 Å². The Morgan fingerprint density at radius 3 is 2.63 bits per heavy atom. The molecule has 0 aromatic heterocycles. The van der Waals surface area contributed by atoms with Crippen LogP contribution in [0.2, 0.25) is 0 Å². The zero-order valence-corrected chi connectivity index (χ0v) is 11.0. The molecule has 1 fully saturated rings. The van der Waals surface area contributed by atoms with E-state index < -0.39 is 24.0 Å². The lowest BCUT2D eigenvalue weighted by molar-refractivity contribution is -0.165. The van der Waals surface area contributed by atoms with Crippen molar-refractivity contribution < 1.29 is 24.5 Å². The highest BCUT2D eigenvalue weighted by Crippen LogP contribution is 2.28. The topological polar surface area (TPSA) is 76.0 Å². The first-order chi connectivity index (χ1) is 8.88. The fourth-order valence-corrected chi connectivity index (χ4v) is 1.98. The van der Waals surface area contributed by atoms with Gasteiger partial charge in [-0.2, -0.15) is 0 Å². The highest BCUT2D eigenvalue weighted by molar-refractivity contribution is 5.89. The maximum Gasteiger partial charge on any atom is 0.338 e. The van der Waals surface area contributed by atoms with Gasteiger partial charge >= 0.3 is 5.97 Å². The lowest BCUT2D eigenvalue weighted by Gasteiger charge is -2.17. The quantitative estimate of drug-likeness (QED) is 0.799. The molecule has 1 saturated heterocycles. The second kappa shape index (κ2) is 5.28. The maximum absolute atomic E-state index is 11.8. The van der Waals surface area contributed by atoms with Gasteiger partial charge in [-0.3, -0.25) is 0 Å². The summed E-state index contributed by atoms with van der Waals surface area (Å²) >= 11 is 0. The highest BCUT2D eigenvalue weighted by Gasteiger charge is 2.43. The number of aliphatic hydroxyl groups is 2. The van der Waals surface area contributed by atoms with E-state index in [4.69, 9.17) is 9.47 Å². The smallest absolute Gasteiger partial charge is 0.338 e. The van der Waals surface area contributed by atoms with Gasteiger partial charge in [0, 0.05) is 6.42 Å². The van der Waals surface area contributed by atoms with E-state index in [0.29, 0.717) is 5.56 Å². The minimum absolute atomic E-state index is 0.0138. The van der Waals surface area contributed by atoms with Gasteiger partial charge in [0.25, 0.3) is 0 Å². The lowest BCUT2D eigenvalue weighted by Crippen LogP contribution is -2.33. The van der Waals surface area contributed by atoms with E-state index in [9.17, 15) is 15.0 Å². The molecule has 0 radical (unpaired) electrons. The molecule has 0 amide bonds. The number of carbonyl (C=O) groups is 1. The van der Waals surface area contributed by atoms with Crippen LogP contribution in [-0.4, -0.2) is 40.8 Å². The zero-order chi connectivity index (χ0) is 14.0. The van der Waals surface area contributed by atoms with Crippen LogP contribution in [0.5, 0.6) is 0 Å². The molecule has 1 aliphatic heterocycles. The molecule has 19 heavy (non-hydrogen) atoms. The van der Waals surface area contributed by atoms with Crippen molar-refractivity contribution in [1.29, 1.82) is 0 Å². The Kier molecular flexibility index (Phi) is 3.89. The van der Waals surface area contributed by atoms with Crippen LogP contribution in [-0.2, 0) is 9.47 Å². The summed E-state index contributed by atoms with van der Waals surface area (Å²) in [4.78, 5) is 11.8. The molecule has 2 rings (SSSR count). The molecule has 0 spiro atoms.